The van der Waals surface area contributed by atoms with Crippen molar-refractivity contribution in [3.05, 3.63) is 0 Å². The maximum atomic E-state index is 11.6. The van der Waals surface area contributed by atoms with Crippen molar-refractivity contribution >= 4 is 15.8 Å². The minimum absolute atomic E-state index is 0.0485. The fraction of sp³-hybridized carbons (Fsp3) is 0.889. The fourth-order valence-corrected chi connectivity index (χ4v) is 1.92. The van der Waals surface area contributed by atoms with Crippen molar-refractivity contribution < 1.29 is 23.1 Å². The van der Waals surface area contributed by atoms with Crippen LogP contribution in [0.4, 0.5) is 0 Å². The van der Waals surface area contributed by atoms with Crippen LogP contribution < -0.4 is 0 Å². The van der Waals surface area contributed by atoms with Crippen molar-refractivity contribution in [1.82, 2.24) is 0 Å². The Kier molecular flexibility index (Phi) is 5.23. The molecule has 0 radical (unpaired) electrons. The number of sulfone groups is 1. The van der Waals surface area contributed by atoms with E-state index in [1.807, 2.05) is 6.92 Å². The summed E-state index contributed by atoms with van der Waals surface area (Å²) < 4.78 is 26.5. The number of carboxylic acid groups (broad SMARTS) is 1. The molecule has 1 N–H and O–H groups in total. The number of hydrogen-bond donors (Lipinski definition) is 1. The van der Waals surface area contributed by atoms with Crippen LogP contribution in [0.3, 0.4) is 0 Å². The van der Waals surface area contributed by atoms with E-state index in [9.17, 15) is 13.2 Å². The van der Waals surface area contributed by atoms with Gasteiger partial charge in [0.2, 0.25) is 0 Å². The zero-order valence-electron chi connectivity index (χ0n) is 9.32. The van der Waals surface area contributed by atoms with Crippen molar-refractivity contribution in [1.29, 1.82) is 0 Å². The van der Waals surface area contributed by atoms with Crippen LogP contribution in [0.25, 0.3) is 0 Å². The largest absolute Gasteiger partial charge is 0.480 e. The molecule has 0 rings (SSSR count). The molecule has 0 aliphatic heterocycles. The lowest BCUT2D eigenvalue weighted by molar-refractivity contribution is -0.139. The topological polar surface area (TPSA) is 80.7 Å². The highest BCUT2D eigenvalue weighted by atomic mass is 32.2. The van der Waals surface area contributed by atoms with Crippen LogP contribution >= 0.6 is 0 Å². The lowest BCUT2D eigenvalue weighted by Crippen LogP contribution is -2.42. The van der Waals surface area contributed by atoms with Crippen LogP contribution in [-0.2, 0) is 19.4 Å². The van der Waals surface area contributed by atoms with Crippen molar-refractivity contribution in [2.24, 2.45) is 0 Å². The Balaban J connectivity index is 4.37. The molecular weight excluding hydrogens is 220 g/mol. The smallest absolute Gasteiger partial charge is 0.324 e. The summed E-state index contributed by atoms with van der Waals surface area (Å²) in [4.78, 5) is 10.7. The molecule has 0 amide bonds. The number of rotatable bonds is 7. The summed E-state index contributed by atoms with van der Waals surface area (Å²) in [6.07, 6.45) is 0.808. The molecule has 0 spiro atoms. The van der Waals surface area contributed by atoms with Gasteiger partial charge < -0.3 is 9.84 Å². The van der Waals surface area contributed by atoms with Gasteiger partial charge in [-0.25, -0.2) is 8.42 Å². The molecule has 0 fully saturated rings. The summed E-state index contributed by atoms with van der Waals surface area (Å²) >= 11 is 0. The van der Waals surface area contributed by atoms with E-state index in [0.29, 0.717) is 6.61 Å². The highest BCUT2D eigenvalue weighted by molar-refractivity contribution is 7.93. The summed E-state index contributed by atoms with van der Waals surface area (Å²) in [5.41, 5.74) is 0. The molecule has 0 bridgehead atoms. The van der Waals surface area contributed by atoms with E-state index >= 15 is 0 Å². The summed E-state index contributed by atoms with van der Waals surface area (Å²) in [6, 6.07) is 0. The third-order valence-corrected chi connectivity index (χ3v) is 4.57. The van der Waals surface area contributed by atoms with Crippen LogP contribution in [-0.4, -0.2) is 43.2 Å². The second kappa shape index (κ2) is 5.46. The first-order chi connectivity index (χ1) is 6.75. The molecule has 0 unspecified atom stereocenters. The van der Waals surface area contributed by atoms with Gasteiger partial charge in [-0.1, -0.05) is 6.92 Å². The van der Waals surface area contributed by atoms with Crippen molar-refractivity contribution in [2.45, 2.75) is 31.9 Å². The van der Waals surface area contributed by atoms with Gasteiger partial charge >= 0.3 is 5.97 Å². The quantitative estimate of drug-likeness (QED) is 0.660. The van der Waals surface area contributed by atoms with E-state index in [0.717, 1.165) is 6.42 Å². The normalized spacial score (nSPS) is 12.7. The zero-order chi connectivity index (χ0) is 12.1. The summed E-state index contributed by atoms with van der Waals surface area (Å²) in [7, 11) is -3.66. The van der Waals surface area contributed by atoms with Gasteiger partial charge in [-0.2, -0.15) is 0 Å². The molecule has 0 heterocycles. The predicted octanol–water partition coefficient (Wildman–Crippen LogP) is 0.691. The van der Waals surface area contributed by atoms with Crippen molar-refractivity contribution in [3.63, 3.8) is 0 Å². The highest BCUT2D eigenvalue weighted by Gasteiger charge is 2.41. The van der Waals surface area contributed by atoms with Crippen LogP contribution in [0.15, 0.2) is 0 Å². The SMILES string of the molecule is CCCOCCS(=O)(=O)C(C)(C)C(=O)O. The molecule has 0 saturated heterocycles. The first kappa shape index (κ1) is 14.4. The molecule has 0 aromatic rings. The van der Waals surface area contributed by atoms with Gasteiger partial charge in [0.1, 0.15) is 0 Å². The monoisotopic (exact) mass is 238 g/mol. The lowest BCUT2D eigenvalue weighted by Gasteiger charge is -2.19. The second-order valence-corrected chi connectivity index (χ2v) is 6.41. The third-order valence-electron chi connectivity index (χ3n) is 2.14. The van der Waals surface area contributed by atoms with Crippen LogP contribution in [0.2, 0.25) is 0 Å². The van der Waals surface area contributed by atoms with E-state index < -0.39 is 20.6 Å². The first-order valence-electron chi connectivity index (χ1n) is 4.79. The van der Waals surface area contributed by atoms with Gasteiger partial charge in [0.15, 0.2) is 14.6 Å². The maximum absolute atomic E-state index is 11.6. The Bertz CT molecular complexity index is 304. The maximum Gasteiger partial charge on any atom is 0.324 e. The molecule has 6 heteroatoms. The van der Waals surface area contributed by atoms with Gasteiger partial charge in [0, 0.05) is 6.61 Å². The minimum atomic E-state index is -3.66. The second-order valence-electron chi connectivity index (χ2n) is 3.75. The molecule has 0 atom stereocenters. The average Bonchev–Trinajstić information content (AvgIpc) is 2.12. The number of hydrogen-bond acceptors (Lipinski definition) is 4. The van der Waals surface area contributed by atoms with Crippen LogP contribution in [0.5, 0.6) is 0 Å². The van der Waals surface area contributed by atoms with E-state index in [1.54, 1.807) is 0 Å². The fourth-order valence-electron chi connectivity index (χ4n) is 0.803. The first-order valence-corrected chi connectivity index (χ1v) is 6.44. The number of carboxylic acids is 1. The molecule has 90 valence electrons. The average molecular weight is 238 g/mol. The molecule has 0 aliphatic rings. The van der Waals surface area contributed by atoms with Gasteiger partial charge in [-0.05, 0) is 20.3 Å². The van der Waals surface area contributed by atoms with Gasteiger partial charge in [-0.3, -0.25) is 4.79 Å². The van der Waals surface area contributed by atoms with Crippen molar-refractivity contribution in [2.75, 3.05) is 19.0 Å². The molecule has 0 aromatic carbocycles. The third kappa shape index (κ3) is 3.79. The van der Waals surface area contributed by atoms with Gasteiger partial charge in [0.25, 0.3) is 0 Å². The minimum Gasteiger partial charge on any atom is -0.480 e. The van der Waals surface area contributed by atoms with Gasteiger partial charge in [-0.15, -0.1) is 0 Å². The van der Waals surface area contributed by atoms with E-state index in [-0.39, 0.29) is 12.4 Å². The standard InChI is InChI=1S/C9H18O5S/c1-4-5-14-6-7-15(12,13)9(2,3)8(10)11/h4-7H2,1-3H3,(H,10,11). The van der Waals surface area contributed by atoms with Crippen LogP contribution in [0.1, 0.15) is 27.2 Å². The molecule has 15 heavy (non-hydrogen) atoms. The van der Waals surface area contributed by atoms with E-state index in [2.05, 4.69) is 0 Å². The molecular formula is C9H18O5S. The van der Waals surface area contributed by atoms with Gasteiger partial charge in [0.05, 0.1) is 12.4 Å². The number of aliphatic carboxylic acids is 1. The Morgan fingerprint density at radius 3 is 2.27 bits per heavy atom. The highest BCUT2D eigenvalue weighted by Crippen LogP contribution is 2.17. The van der Waals surface area contributed by atoms with E-state index in [4.69, 9.17) is 9.84 Å². The summed E-state index contributed by atoms with van der Waals surface area (Å²) in [5, 5.41) is 8.76. The van der Waals surface area contributed by atoms with Crippen molar-refractivity contribution in [3.8, 4) is 0 Å². The molecule has 0 aliphatic carbocycles. The Morgan fingerprint density at radius 2 is 1.87 bits per heavy atom. The molecule has 5 nitrogen and oxygen atoms in total. The molecule has 0 aromatic heterocycles. The Labute approximate surface area is 90.4 Å². The molecule has 0 saturated carbocycles. The predicted molar refractivity (Wildman–Crippen MR) is 56.6 cm³/mol. The summed E-state index contributed by atoms with van der Waals surface area (Å²) in [6.45, 7) is 4.82. The lowest BCUT2D eigenvalue weighted by atomic mass is 10.2. The number of carbonyl (C=O) groups is 1. The Morgan fingerprint density at radius 1 is 1.33 bits per heavy atom. The van der Waals surface area contributed by atoms with Crippen LogP contribution in [0, 0.1) is 0 Å². The van der Waals surface area contributed by atoms with E-state index in [1.165, 1.54) is 13.8 Å². The number of ether oxygens (including phenoxy) is 1. The zero-order valence-corrected chi connectivity index (χ0v) is 10.1. The Hall–Kier alpha value is -0.620. The summed E-state index contributed by atoms with van der Waals surface area (Å²) in [5.74, 6) is -1.59.